The molecule has 0 unspecified atom stereocenters. The van der Waals surface area contributed by atoms with Gasteiger partial charge >= 0.3 is 6.03 Å². The molecular weight excluding hydrogens is 500 g/mol. The summed E-state index contributed by atoms with van der Waals surface area (Å²) in [5, 5.41) is 2.99. The summed E-state index contributed by atoms with van der Waals surface area (Å²) < 4.78 is 23.4. The van der Waals surface area contributed by atoms with Gasteiger partial charge in [0.1, 0.15) is 16.4 Å². The van der Waals surface area contributed by atoms with Gasteiger partial charge in [-0.25, -0.2) is 13.2 Å². The second kappa shape index (κ2) is 10.8. The van der Waals surface area contributed by atoms with Gasteiger partial charge in [-0.05, 0) is 82.9 Å². The minimum absolute atomic E-state index is 0.00729. The monoisotopic (exact) mass is 544 g/mol. The van der Waals surface area contributed by atoms with Crippen molar-refractivity contribution in [2.75, 3.05) is 51.8 Å². The van der Waals surface area contributed by atoms with Gasteiger partial charge in [0.15, 0.2) is 0 Å². The Labute approximate surface area is 228 Å². The standard InChI is InChI=1S/C29H44N4O4S/c1-31(2)29(25-9-4-3-5-10-25)15-13-28(14-16-29)22-32(27(35)33(28)20-24-7-6-8-24)21-26(34)30-19-23-11-17-38(36,37)18-12-23/h3-5,9-10,23-24H,6-8,11-22H2,1-2H3,(H,30,34). The minimum atomic E-state index is -2.92. The third-order valence-electron chi connectivity index (χ3n) is 10.00. The first-order chi connectivity index (χ1) is 18.1. The third-order valence-corrected chi connectivity index (χ3v) is 11.7. The van der Waals surface area contributed by atoms with Gasteiger partial charge in [0.2, 0.25) is 5.91 Å². The molecule has 210 valence electrons. The Morgan fingerprint density at radius 1 is 1.00 bits per heavy atom. The zero-order valence-corrected chi connectivity index (χ0v) is 23.8. The normalized spacial score (nSPS) is 27.6. The topological polar surface area (TPSA) is 90.0 Å². The zero-order valence-electron chi connectivity index (χ0n) is 23.0. The molecular formula is C29H44N4O4S. The van der Waals surface area contributed by atoms with Crippen LogP contribution in [0.25, 0.3) is 0 Å². The van der Waals surface area contributed by atoms with E-state index in [1.165, 1.54) is 24.8 Å². The second-order valence-corrected chi connectivity index (χ2v) is 14.8. The molecule has 2 saturated heterocycles. The fraction of sp³-hybridized carbons (Fsp3) is 0.724. The molecule has 4 aliphatic rings. The predicted octanol–water partition coefficient (Wildman–Crippen LogP) is 3.24. The van der Waals surface area contributed by atoms with Gasteiger partial charge in [0.05, 0.1) is 17.0 Å². The Morgan fingerprint density at radius 3 is 2.24 bits per heavy atom. The van der Waals surface area contributed by atoms with Crippen molar-refractivity contribution in [2.45, 2.75) is 68.9 Å². The fourth-order valence-corrected chi connectivity index (χ4v) is 8.73. The molecule has 0 atom stereocenters. The van der Waals surface area contributed by atoms with Crippen LogP contribution in [0, 0.1) is 11.8 Å². The first-order valence-corrected chi connectivity index (χ1v) is 16.2. The van der Waals surface area contributed by atoms with Gasteiger partial charge in [-0.2, -0.15) is 0 Å². The van der Waals surface area contributed by atoms with Crippen LogP contribution in [0.3, 0.4) is 0 Å². The van der Waals surface area contributed by atoms with Crippen LogP contribution in [-0.4, -0.2) is 92.4 Å². The number of urea groups is 1. The molecule has 1 spiro atoms. The van der Waals surface area contributed by atoms with E-state index in [9.17, 15) is 18.0 Å². The van der Waals surface area contributed by atoms with Crippen LogP contribution in [0.1, 0.15) is 63.4 Å². The lowest BCUT2D eigenvalue weighted by Crippen LogP contribution is -2.56. The van der Waals surface area contributed by atoms with E-state index < -0.39 is 9.84 Å². The molecule has 1 aromatic carbocycles. The summed E-state index contributed by atoms with van der Waals surface area (Å²) in [4.78, 5) is 32.9. The van der Waals surface area contributed by atoms with E-state index in [-0.39, 0.29) is 47.0 Å². The van der Waals surface area contributed by atoms with E-state index in [0.29, 0.717) is 31.8 Å². The summed E-state index contributed by atoms with van der Waals surface area (Å²) in [7, 11) is 1.41. The van der Waals surface area contributed by atoms with E-state index in [1.54, 1.807) is 4.90 Å². The van der Waals surface area contributed by atoms with Crippen molar-refractivity contribution in [1.82, 2.24) is 20.0 Å². The SMILES string of the molecule is CN(C)C1(c2ccccc2)CCC2(CC1)CN(CC(=O)NCC1CCS(=O)(=O)CC1)C(=O)N2CC1CCC1. The molecule has 2 heterocycles. The molecule has 5 rings (SSSR count). The number of nitrogens with zero attached hydrogens (tertiary/aromatic N) is 3. The first-order valence-electron chi connectivity index (χ1n) is 14.4. The van der Waals surface area contributed by atoms with Crippen LogP contribution in [0.4, 0.5) is 4.79 Å². The lowest BCUT2D eigenvalue weighted by molar-refractivity contribution is -0.121. The van der Waals surface area contributed by atoms with Crippen molar-refractivity contribution in [1.29, 1.82) is 0 Å². The van der Waals surface area contributed by atoms with E-state index in [2.05, 4.69) is 59.5 Å². The van der Waals surface area contributed by atoms with Crippen molar-refractivity contribution in [3.63, 3.8) is 0 Å². The highest BCUT2D eigenvalue weighted by Crippen LogP contribution is 2.49. The molecule has 0 bridgehead atoms. The molecule has 2 saturated carbocycles. The van der Waals surface area contributed by atoms with Gasteiger partial charge in [-0.15, -0.1) is 0 Å². The molecule has 1 aromatic rings. The highest BCUT2D eigenvalue weighted by Gasteiger charge is 2.55. The van der Waals surface area contributed by atoms with Crippen LogP contribution in [0.2, 0.25) is 0 Å². The van der Waals surface area contributed by atoms with Crippen molar-refractivity contribution < 1.29 is 18.0 Å². The summed E-state index contributed by atoms with van der Waals surface area (Å²) in [5.41, 5.74) is 1.07. The number of amides is 3. The molecule has 1 N–H and O–H groups in total. The summed E-state index contributed by atoms with van der Waals surface area (Å²) in [5.74, 6) is 1.02. The van der Waals surface area contributed by atoms with Crippen LogP contribution in [0.15, 0.2) is 30.3 Å². The number of carbonyl (C=O) groups excluding carboxylic acids is 2. The highest BCUT2D eigenvalue weighted by atomic mass is 32.2. The molecule has 38 heavy (non-hydrogen) atoms. The average Bonchev–Trinajstić information content (AvgIpc) is 3.11. The number of benzene rings is 1. The smallest absolute Gasteiger partial charge is 0.321 e. The van der Waals surface area contributed by atoms with Crippen molar-refractivity contribution in [3.05, 3.63) is 35.9 Å². The number of hydrogen-bond donors (Lipinski definition) is 1. The maximum Gasteiger partial charge on any atom is 0.321 e. The fourth-order valence-electron chi connectivity index (χ4n) is 7.14. The second-order valence-electron chi connectivity index (χ2n) is 12.5. The number of hydrogen-bond acceptors (Lipinski definition) is 5. The minimum Gasteiger partial charge on any atom is -0.354 e. The zero-order chi connectivity index (χ0) is 27.0. The molecule has 2 aliphatic heterocycles. The number of nitrogens with one attached hydrogen (secondary N) is 1. The third kappa shape index (κ3) is 5.46. The van der Waals surface area contributed by atoms with E-state index in [1.807, 2.05) is 0 Å². The molecule has 4 fully saturated rings. The highest BCUT2D eigenvalue weighted by molar-refractivity contribution is 7.91. The Hall–Kier alpha value is -2.13. The lowest BCUT2D eigenvalue weighted by atomic mass is 9.68. The Balaban J connectivity index is 1.26. The number of sulfone groups is 1. The number of rotatable bonds is 8. The van der Waals surface area contributed by atoms with E-state index in [0.717, 1.165) is 32.2 Å². The van der Waals surface area contributed by atoms with E-state index in [4.69, 9.17) is 0 Å². The maximum absolute atomic E-state index is 13.7. The van der Waals surface area contributed by atoms with E-state index >= 15 is 0 Å². The molecule has 8 nitrogen and oxygen atoms in total. The van der Waals surface area contributed by atoms with Crippen LogP contribution >= 0.6 is 0 Å². The molecule has 2 aliphatic carbocycles. The summed E-state index contributed by atoms with van der Waals surface area (Å²) in [6.45, 7) is 1.96. The van der Waals surface area contributed by atoms with Crippen molar-refractivity contribution >= 4 is 21.8 Å². The summed E-state index contributed by atoms with van der Waals surface area (Å²) in [6, 6.07) is 10.7. The van der Waals surface area contributed by atoms with Crippen LogP contribution in [-0.2, 0) is 20.2 Å². The van der Waals surface area contributed by atoms with Crippen molar-refractivity contribution in [3.8, 4) is 0 Å². The quantitative estimate of drug-likeness (QED) is 0.543. The Kier molecular flexibility index (Phi) is 7.80. The Bertz CT molecular complexity index is 1100. The largest absolute Gasteiger partial charge is 0.354 e. The molecule has 0 aromatic heterocycles. The van der Waals surface area contributed by atoms with Crippen LogP contribution in [0.5, 0.6) is 0 Å². The van der Waals surface area contributed by atoms with Crippen LogP contribution < -0.4 is 5.32 Å². The van der Waals surface area contributed by atoms with Gasteiger partial charge < -0.3 is 15.1 Å². The summed E-state index contributed by atoms with van der Waals surface area (Å²) >= 11 is 0. The number of carbonyl (C=O) groups is 2. The predicted molar refractivity (Wildman–Crippen MR) is 148 cm³/mol. The lowest BCUT2D eigenvalue weighted by Gasteiger charge is -2.51. The van der Waals surface area contributed by atoms with Gasteiger partial charge in [-0.1, -0.05) is 36.8 Å². The average molecular weight is 545 g/mol. The van der Waals surface area contributed by atoms with Gasteiger partial charge in [0.25, 0.3) is 0 Å². The molecule has 3 amide bonds. The summed E-state index contributed by atoms with van der Waals surface area (Å²) in [6.07, 6.45) is 8.60. The maximum atomic E-state index is 13.7. The first kappa shape index (κ1) is 27.4. The van der Waals surface area contributed by atoms with Crippen molar-refractivity contribution in [2.24, 2.45) is 11.8 Å². The van der Waals surface area contributed by atoms with Gasteiger partial charge in [-0.3, -0.25) is 9.69 Å². The molecule has 9 heteroatoms. The Morgan fingerprint density at radius 2 is 1.66 bits per heavy atom. The van der Waals surface area contributed by atoms with Gasteiger partial charge in [0, 0.05) is 25.2 Å². The molecule has 0 radical (unpaired) electrons.